The molecule has 1 unspecified atom stereocenters. The molecule has 0 fully saturated rings. The van der Waals surface area contributed by atoms with Gasteiger partial charge in [0, 0.05) is 26.2 Å². The molecule has 1 rings (SSSR count). The summed E-state index contributed by atoms with van der Waals surface area (Å²) in [6, 6.07) is 5.31. The van der Waals surface area contributed by atoms with E-state index >= 15 is 0 Å². The van der Waals surface area contributed by atoms with Crippen molar-refractivity contribution in [1.29, 1.82) is 0 Å². The number of nitrogens with one attached hydrogen (secondary N) is 1. The van der Waals surface area contributed by atoms with Gasteiger partial charge >= 0.3 is 6.09 Å². The normalized spacial score (nSPS) is 12.6. The third kappa shape index (κ3) is 6.36. The topological polar surface area (TPSA) is 71.0 Å². The lowest BCUT2D eigenvalue weighted by molar-refractivity contribution is 0.0299. The van der Waals surface area contributed by atoms with Gasteiger partial charge in [0.1, 0.15) is 5.60 Å². The minimum Gasteiger partial charge on any atom is -0.504 e. The third-order valence-electron chi connectivity index (χ3n) is 3.31. The van der Waals surface area contributed by atoms with E-state index in [0.717, 1.165) is 5.56 Å². The van der Waals surface area contributed by atoms with Crippen molar-refractivity contribution < 1.29 is 19.4 Å². The highest BCUT2D eigenvalue weighted by Gasteiger charge is 2.19. The van der Waals surface area contributed by atoms with Gasteiger partial charge < -0.3 is 24.8 Å². The molecule has 0 heterocycles. The lowest BCUT2D eigenvalue weighted by Crippen LogP contribution is -2.38. The molecule has 23 heavy (non-hydrogen) atoms. The molecule has 1 atom stereocenters. The number of nitrogens with zero attached hydrogens (tertiary/aromatic N) is 1. The van der Waals surface area contributed by atoms with Gasteiger partial charge in [-0.1, -0.05) is 6.07 Å². The molecule has 6 nitrogen and oxygen atoms in total. The molecule has 0 aliphatic carbocycles. The van der Waals surface area contributed by atoms with Crippen LogP contribution in [0.25, 0.3) is 0 Å². The first-order valence-corrected chi connectivity index (χ1v) is 7.68. The smallest absolute Gasteiger partial charge is 0.410 e. The molecule has 0 saturated carbocycles. The number of carbonyl (C=O) groups is 1. The predicted molar refractivity (Wildman–Crippen MR) is 89.9 cm³/mol. The largest absolute Gasteiger partial charge is 0.504 e. The number of benzene rings is 1. The lowest BCUT2D eigenvalue weighted by Gasteiger charge is -2.25. The molecule has 0 bridgehead atoms. The number of methoxy groups -OCH3 is 1. The zero-order valence-electron chi connectivity index (χ0n) is 14.8. The zero-order chi connectivity index (χ0) is 17.6. The van der Waals surface area contributed by atoms with Gasteiger partial charge in [-0.3, -0.25) is 0 Å². The second-order valence-corrected chi connectivity index (χ2v) is 6.51. The minimum absolute atomic E-state index is 0.0662. The van der Waals surface area contributed by atoms with Crippen LogP contribution in [-0.2, 0) is 4.74 Å². The summed E-state index contributed by atoms with van der Waals surface area (Å²) in [5, 5.41) is 12.9. The van der Waals surface area contributed by atoms with E-state index in [1.807, 2.05) is 33.8 Å². The van der Waals surface area contributed by atoms with E-state index in [9.17, 15) is 9.90 Å². The van der Waals surface area contributed by atoms with E-state index in [4.69, 9.17) is 9.47 Å². The molecule has 1 amide bonds. The number of aromatic hydroxyl groups is 1. The Hall–Kier alpha value is -1.95. The van der Waals surface area contributed by atoms with Gasteiger partial charge in [0.05, 0.1) is 7.11 Å². The maximum absolute atomic E-state index is 11.9. The first-order valence-electron chi connectivity index (χ1n) is 7.68. The molecule has 0 radical (unpaired) electrons. The van der Waals surface area contributed by atoms with Crippen LogP contribution in [0.2, 0.25) is 0 Å². The Morgan fingerprint density at radius 1 is 1.39 bits per heavy atom. The number of likely N-dealkylation sites (N-methyl/N-ethyl adjacent to an activating group) is 1. The molecule has 1 aromatic rings. The highest BCUT2D eigenvalue weighted by Crippen LogP contribution is 2.28. The fourth-order valence-corrected chi connectivity index (χ4v) is 1.96. The highest BCUT2D eigenvalue weighted by atomic mass is 16.6. The molecule has 0 aliphatic rings. The molecule has 6 heteroatoms. The summed E-state index contributed by atoms with van der Waals surface area (Å²) < 4.78 is 10.4. The van der Waals surface area contributed by atoms with Crippen molar-refractivity contribution in [2.75, 3.05) is 27.2 Å². The van der Waals surface area contributed by atoms with Crippen LogP contribution in [0, 0.1) is 0 Å². The second-order valence-electron chi connectivity index (χ2n) is 6.51. The molecule has 0 aliphatic heterocycles. The van der Waals surface area contributed by atoms with E-state index in [2.05, 4.69) is 5.32 Å². The van der Waals surface area contributed by atoms with Crippen LogP contribution in [0.5, 0.6) is 11.5 Å². The fourth-order valence-electron chi connectivity index (χ4n) is 1.96. The molecular formula is C17H28N2O4. The van der Waals surface area contributed by atoms with Gasteiger partial charge in [-0.15, -0.1) is 0 Å². The molecule has 1 aromatic carbocycles. The maximum atomic E-state index is 11.9. The Kier molecular flexibility index (Phi) is 6.69. The van der Waals surface area contributed by atoms with Crippen LogP contribution in [0.4, 0.5) is 4.79 Å². The van der Waals surface area contributed by atoms with E-state index in [1.165, 1.54) is 7.11 Å². The summed E-state index contributed by atoms with van der Waals surface area (Å²) in [6.45, 7) is 8.71. The second kappa shape index (κ2) is 8.06. The standard InChI is InChI=1S/C17H28N2O4/c1-12(13-7-8-14(20)15(11-13)22-6)18-9-10-19(5)16(21)23-17(2,3)4/h7-8,11-12,18,20H,9-10H2,1-6H3. The minimum atomic E-state index is -0.491. The van der Waals surface area contributed by atoms with E-state index in [0.29, 0.717) is 18.8 Å². The first kappa shape index (κ1) is 19.1. The van der Waals surface area contributed by atoms with Gasteiger partial charge in [-0.2, -0.15) is 0 Å². The number of carbonyl (C=O) groups excluding carboxylic acids is 1. The van der Waals surface area contributed by atoms with Crippen LogP contribution < -0.4 is 10.1 Å². The number of phenols is 1. The Morgan fingerprint density at radius 3 is 2.61 bits per heavy atom. The highest BCUT2D eigenvalue weighted by molar-refractivity contribution is 5.67. The first-order chi connectivity index (χ1) is 10.6. The fraction of sp³-hybridized carbons (Fsp3) is 0.588. The van der Waals surface area contributed by atoms with Gasteiger partial charge in [0.2, 0.25) is 0 Å². The Balaban J connectivity index is 2.47. The maximum Gasteiger partial charge on any atom is 0.410 e. The van der Waals surface area contributed by atoms with Crippen LogP contribution >= 0.6 is 0 Å². The average molecular weight is 324 g/mol. The number of ether oxygens (including phenoxy) is 2. The number of hydrogen-bond acceptors (Lipinski definition) is 5. The number of hydrogen-bond donors (Lipinski definition) is 2. The summed E-state index contributed by atoms with van der Waals surface area (Å²) in [4.78, 5) is 13.4. The van der Waals surface area contributed by atoms with Crippen LogP contribution in [0.3, 0.4) is 0 Å². The summed E-state index contributed by atoms with van der Waals surface area (Å²) >= 11 is 0. The van der Waals surface area contributed by atoms with Crippen LogP contribution in [0.15, 0.2) is 18.2 Å². The van der Waals surface area contributed by atoms with Gasteiger partial charge in [-0.05, 0) is 45.4 Å². The summed E-state index contributed by atoms with van der Waals surface area (Å²) in [6.07, 6.45) is -0.335. The molecular weight excluding hydrogens is 296 g/mol. The number of amides is 1. The average Bonchev–Trinajstić information content (AvgIpc) is 2.45. The van der Waals surface area contributed by atoms with E-state index < -0.39 is 5.60 Å². The zero-order valence-corrected chi connectivity index (χ0v) is 14.8. The van der Waals surface area contributed by atoms with Gasteiger partial charge in [-0.25, -0.2) is 4.79 Å². The SMILES string of the molecule is COc1cc(C(C)NCCN(C)C(=O)OC(C)(C)C)ccc1O. The van der Waals surface area contributed by atoms with Gasteiger partial charge in [0.25, 0.3) is 0 Å². The summed E-state index contributed by atoms with van der Waals surface area (Å²) in [5.74, 6) is 0.565. The summed E-state index contributed by atoms with van der Waals surface area (Å²) in [7, 11) is 3.23. The predicted octanol–water partition coefficient (Wildman–Crippen LogP) is 2.92. The van der Waals surface area contributed by atoms with Crippen LogP contribution in [0.1, 0.15) is 39.3 Å². The third-order valence-corrected chi connectivity index (χ3v) is 3.31. The molecule has 0 spiro atoms. The number of phenolic OH excluding ortho intramolecular Hbond substituents is 1. The van der Waals surface area contributed by atoms with Crippen molar-refractivity contribution in [1.82, 2.24) is 10.2 Å². The quantitative estimate of drug-likeness (QED) is 0.842. The molecule has 130 valence electrons. The van der Waals surface area contributed by atoms with Crippen molar-refractivity contribution in [2.24, 2.45) is 0 Å². The summed E-state index contributed by atoms with van der Waals surface area (Å²) in [5.41, 5.74) is 0.508. The molecule has 0 saturated heterocycles. The van der Waals surface area contributed by atoms with E-state index in [1.54, 1.807) is 24.1 Å². The Labute approximate surface area is 138 Å². The van der Waals surface area contributed by atoms with E-state index in [-0.39, 0.29) is 17.9 Å². The number of rotatable bonds is 6. The lowest BCUT2D eigenvalue weighted by atomic mass is 10.1. The van der Waals surface area contributed by atoms with Crippen molar-refractivity contribution in [3.63, 3.8) is 0 Å². The van der Waals surface area contributed by atoms with Crippen molar-refractivity contribution in [3.8, 4) is 11.5 Å². The molecule has 2 N–H and O–H groups in total. The van der Waals surface area contributed by atoms with Crippen LogP contribution in [-0.4, -0.2) is 48.9 Å². The Morgan fingerprint density at radius 2 is 2.04 bits per heavy atom. The molecule has 0 aromatic heterocycles. The van der Waals surface area contributed by atoms with Crippen molar-refractivity contribution in [3.05, 3.63) is 23.8 Å². The monoisotopic (exact) mass is 324 g/mol. The van der Waals surface area contributed by atoms with Crippen molar-refractivity contribution >= 4 is 6.09 Å². The Bertz CT molecular complexity index is 526. The van der Waals surface area contributed by atoms with Gasteiger partial charge in [0.15, 0.2) is 11.5 Å². The van der Waals surface area contributed by atoms with Crippen molar-refractivity contribution in [2.45, 2.75) is 39.3 Å².